The van der Waals surface area contributed by atoms with E-state index in [1.165, 1.54) is 6.07 Å². The first-order valence-electron chi connectivity index (χ1n) is 7.64. The Bertz CT molecular complexity index is 1000. The van der Waals surface area contributed by atoms with Gasteiger partial charge >= 0.3 is 12.4 Å². The predicted molar refractivity (Wildman–Crippen MR) is 88.9 cm³/mol. The molecule has 1 heterocycles. The van der Waals surface area contributed by atoms with Gasteiger partial charge in [-0.05, 0) is 41.6 Å². The third kappa shape index (κ3) is 3.82. The molecule has 3 rings (SSSR count). The summed E-state index contributed by atoms with van der Waals surface area (Å²) in [5.41, 5.74) is -6.87. The predicted octanol–water partition coefficient (Wildman–Crippen LogP) is 5.61. The van der Waals surface area contributed by atoms with Gasteiger partial charge in [0.25, 0.3) is 0 Å². The summed E-state index contributed by atoms with van der Waals surface area (Å²) in [5, 5.41) is 20.3. The molecule has 0 saturated carbocycles. The second-order valence-electron chi connectivity index (χ2n) is 5.99. The third-order valence-electron chi connectivity index (χ3n) is 4.06. The van der Waals surface area contributed by atoms with Gasteiger partial charge in [0.15, 0.2) is 0 Å². The Morgan fingerprint density at radius 2 is 1.55 bits per heavy atom. The van der Waals surface area contributed by atoms with Gasteiger partial charge in [-0.15, -0.1) is 10.2 Å². The molecule has 0 spiro atoms. The maximum Gasteiger partial charge on any atom is 0.416 e. The van der Waals surface area contributed by atoms with E-state index in [0.717, 1.165) is 18.3 Å². The van der Waals surface area contributed by atoms with Crippen molar-refractivity contribution in [3.8, 4) is 5.75 Å². The van der Waals surface area contributed by atoms with E-state index in [2.05, 4.69) is 15.4 Å². The van der Waals surface area contributed by atoms with Crippen molar-refractivity contribution < 1.29 is 36.2 Å². The van der Waals surface area contributed by atoms with Crippen molar-refractivity contribution in [1.82, 2.24) is 0 Å². The monoisotopic (exact) mass is 435 g/mol. The number of Topliss-reactive ketones (excluding diaryl/α,β-unsaturated/α-hetero) is 1. The highest BCUT2D eigenvalue weighted by Crippen LogP contribution is 2.41. The van der Waals surface area contributed by atoms with Gasteiger partial charge in [-0.25, -0.2) is 0 Å². The van der Waals surface area contributed by atoms with Gasteiger partial charge in [0, 0.05) is 16.1 Å². The molecule has 1 aliphatic heterocycles. The minimum atomic E-state index is -5.15. The van der Waals surface area contributed by atoms with Crippen LogP contribution in [-0.4, -0.2) is 17.1 Å². The largest absolute Gasteiger partial charge is 0.508 e. The Labute approximate surface area is 163 Å². The molecule has 1 N–H and O–H groups in total. The van der Waals surface area contributed by atoms with Gasteiger partial charge in [0.05, 0.1) is 17.3 Å². The molecule has 1 atom stereocenters. The molecule has 0 radical (unpaired) electrons. The van der Waals surface area contributed by atoms with Crippen LogP contribution in [0.1, 0.15) is 27.0 Å². The lowest BCUT2D eigenvalue weighted by atomic mass is 9.83. The van der Waals surface area contributed by atoms with Gasteiger partial charge in [-0.1, -0.05) is 11.6 Å². The van der Waals surface area contributed by atoms with Gasteiger partial charge in [0.1, 0.15) is 5.75 Å². The molecule has 5 nitrogen and oxygen atoms in total. The van der Waals surface area contributed by atoms with Gasteiger partial charge in [-0.2, -0.15) is 26.3 Å². The highest BCUT2D eigenvalue weighted by Gasteiger charge is 2.46. The number of rotatable bonds is 3. The summed E-state index contributed by atoms with van der Waals surface area (Å²) >= 11 is 5.84. The molecule has 152 valence electrons. The van der Waals surface area contributed by atoms with Crippen LogP contribution in [0.15, 0.2) is 51.8 Å². The summed E-state index contributed by atoms with van der Waals surface area (Å²) in [4.78, 5) is 13.1. The van der Waals surface area contributed by atoms with E-state index in [-0.39, 0.29) is 28.8 Å². The molecule has 0 aromatic heterocycles. The van der Waals surface area contributed by atoms with Crippen LogP contribution in [0.25, 0.3) is 0 Å². The van der Waals surface area contributed by atoms with Crippen LogP contribution in [0.4, 0.5) is 26.3 Å². The SMILES string of the molecule is O=C(c1cc(C(F)(F)F)cc(C(F)(F)F)c1)C1(c2cc(Cl)ccc2O)C=NN=N1. The summed E-state index contributed by atoms with van der Waals surface area (Å²) in [7, 11) is 0. The summed E-state index contributed by atoms with van der Waals surface area (Å²) < 4.78 is 78.6. The van der Waals surface area contributed by atoms with Crippen LogP contribution >= 0.6 is 11.6 Å². The molecule has 1 aliphatic rings. The van der Waals surface area contributed by atoms with Gasteiger partial charge < -0.3 is 5.11 Å². The quantitative estimate of drug-likeness (QED) is 0.502. The number of nitrogens with zero attached hydrogens (tertiary/aromatic N) is 3. The zero-order chi connectivity index (χ0) is 21.6. The van der Waals surface area contributed by atoms with Crippen molar-refractivity contribution in [2.24, 2.45) is 15.4 Å². The number of alkyl halides is 6. The first-order chi connectivity index (χ1) is 13.3. The smallest absolute Gasteiger partial charge is 0.416 e. The molecule has 2 aromatic carbocycles. The second kappa shape index (κ2) is 6.83. The summed E-state index contributed by atoms with van der Waals surface area (Å²) in [6.45, 7) is 0. The van der Waals surface area contributed by atoms with Crippen molar-refractivity contribution in [3.63, 3.8) is 0 Å². The van der Waals surface area contributed by atoms with Gasteiger partial charge in [0.2, 0.25) is 11.3 Å². The number of phenolic OH excluding ortho intramolecular Hbond substituents is 1. The summed E-state index contributed by atoms with van der Waals surface area (Å²) in [6, 6.07) is 3.86. The molecule has 12 heteroatoms. The normalized spacial score (nSPS) is 19.0. The Morgan fingerprint density at radius 3 is 2.03 bits per heavy atom. The van der Waals surface area contributed by atoms with Crippen molar-refractivity contribution in [2.45, 2.75) is 17.9 Å². The first kappa shape index (κ1) is 20.8. The number of hydrogen-bond donors (Lipinski definition) is 1. The maximum atomic E-state index is 13.1. The highest BCUT2D eigenvalue weighted by molar-refractivity contribution is 6.31. The van der Waals surface area contributed by atoms with Crippen LogP contribution in [0.5, 0.6) is 5.75 Å². The number of halogens is 7. The minimum absolute atomic E-state index is 0.0282. The molecule has 0 saturated heterocycles. The molecular weight excluding hydrogens is 428 g/mol. The molecular formula is C17H8ClF6N3O2. The molecule has 29 heavy (non-hydrogen) atoms. The van der Waals surface area contributed by atoms with E-state index >= 15 is 0 Å². The lowest BCUT2D eigenvalue weighted by Gasteiger charge is -2.23. The Morgan fingerprint density at radius 1 is 0.966 bits per heavy atom. The second-order valence-corrected chi connectivity index (χ2v) is 6.42. The molecule has 0 aliphatic carbocycles. The zero-order valence-corrected chi connectivity index (χ0v) is 14.6. The molecule has 0 amide bonds. The third-order valence-corrected chi connectivity index (χ3v) is 4.30. The molecule has 2 aromatic rings. The van der Waals surface area contributed by atoms with Crippen LogP contribution in [-0.2, 0) is 17.9 Å². The van der Waals surface area contributed by atoms with Crippen LogP contribution < -0.4 is 0 Å². The van der Waals surface area contributed by atoms with Crippen LogP contribution in [0.3, 0.4) is 0 Å². The van der Waals surface area contributed by atoms with E-state index in [1.54, 1.807) is 0 Å². The van der Waals surface area contributed by atoms with Crippen molar-refractivity contribution in [1.29, 1.82) is 0 Å². The van der Waals surface area contributed by atoms with Gasteiger partial charge in [-0.3, -0.25) is 4.79 Å². The minimum Gasteiger partial charge on any atom is -0.508 e. The average Bonchev–Trinajstić information content (AvgIpc) is 3.12. The van der Waals surface area contributed by atoms with E-state index < -0.39 is 46.1 Å². The lowest BCUT2D eigenvalue weighted by Crippen LogP contribution is -2.34. The number of ketones is 1. The number of phenols is 1. The highest BCUT2D eigenvalue weighted by atomic mass is 35.5. The van der Waals surface area contributed by atoms with Crippen molar-refractivity contribution in [2.75, 3.05) is 0 Å². The molecule has 0 fully saturated rings. The fourth-order valence-corrected chi connectivity index (χ4v) is 2.87. The summed E-state index contributed by atoms with van der Waals surface area (Å²) in [5.74, 6) is -1.84. The Balaban J connectivity index is 2.24. The van der Waals surface area contributed by atoms with E-state index in [1.807, 2.05) is 0 Å². The van der Waals surface area contributed by atoms with E-state index in [0.29, 0.717) is 0 Å². The number of carbonyl (C=O) groups excluding carboxylic acids is 1. The fraction of sp³-hybridized carbons (Fsp3) is 0.176. The maximum absolute atomic E-state index is 13.1. The number of carbonyl (C=O) groups is 1. The lowest BCUT2D eigenvalue weighted by molar-refractivity contribution is -0.143. The standard InChI is InChI=1S/C17H8ClF6N3O2/c18-11-1-2-13(28)12(6-11)15(7-25-27-26-15)14(29)8-3-9(16(19,20)21)5-10(4-8)17(22,23)24/h1-7,28H. The summed E-state index contributed by atoms with van der Waals surface area (Å²) in [6.07, 6.45) is -9.49. The average molecular weight is 436 g/mol. The molecule has 1 unspecified atom stereocenters. The number of aromatic hydroxyl groups is 1. The Kier molecular flexibility index (Phi) is 4.89. The Hall–Kier alpha value is -2.95. The topological polar surface area (TPSA) is 74.4 Å². The van der Waals surface area contributed by atoms with E-state index in [9.17, 15) is 36.2 Å². The number of hydrogen-bond acceptors (Lipinski definition) is 5. The fourth-order valence-electron chi connectivity index (χ4n) is 2.70. The van der Waals surface area contributed by atoms with Crippen molar-refractivity contribution >= 4 is 23.6 Å². The molecule has 0 bridgehead atoms. The zero-order valence-electron chi connectivity index (χ0n) is 13.9. The van der Waals surface area contributed by atoms with Crippen LogP contribution in [0.2, 0.25) is 5.02 Å². The number of benzene rings is 2. The van der Waals surface area contributed by atoms with Crippen molar-refractivity contribution in [3.05, 3.63) is 63.7 Å². The first-order valence-corrected chi connectivity index (χ1v) is 8.02. The van der Waals surface area contributed by atoms with Crippen LogP contribution in [0, 0.1) is 0 Å². The van der Waals surface area contributed by atoms with E-state index in [4.69, 9.17) is 11.6 Å².